The molecule has 1 unspecified atom stereocenters. The summed E-state index contributed by atoms with van der Waals surface area (Å²) < 4.78 is 43.2. The van der Waals surface area contributed by atoms with Crippen molar-refractivity contribution >= 4 is 29.9 Å². The summed E-state index contributed by atoms with van der Waals surface area (Å²) in [4.78, 5) is 8.26. The predicted octanol–water partition coefficient (Wildman–Crippen LogP) is 3.86. The highest BCUT2D eigenvalue weighted by Crippen LogP contribution is 2.25. The molecule has 0 aromatic carbocycles. The summed E-state index contributed by atoms with van der Waals surface area (Å²) in [5, 5.41) is 6.76. The molecule has 0 amide bonds. The van der Waals surface area contributed by atoms with Gasteiger partial charge in [0.1, 0.15) is 5.76 Å². The van der Waals surface area contributed by atoms with Gasteiger partial charge < -0.3 is 15.1 Å². The quantitative estimate of drug-likeness (QED) is 0.289. The Balaban J connectivity index is 0.00000341. The Morgan fingerprint density at radius 3 is 2.48 bits per heavy atom. The molecule has 2 saturated heterocycles. The average Bonchev–Trinajstić information content (AvgIpc) is 3.42. The van der Waals surface area contributed by atoms with Crippen LogP contribution in [0.5, 0.6) is 0 Å². The summed E-state index contributed by atoms with van der Waals surface area (Å²) in [6.07, 6.45) is 2.62. The first-order chi connectivity index (χ1) is 14.4. The van der Waals surface area contributed by atoms with Gasteiger partial charge in [-0.3, -0.25) is 14.8 Å². The van der Waals surface area contributed by atoms with Gasteiger partial charge in [0.25, 0.3) is 0 Å². The molecule has 1 aromatic heterocycles. The lowest BCUT2D eigenvalue weighted by molar-refractivity contribution is -0.148. The fourth-order valence-electron chi connectivity index (χ4n) is 4.44. The molecular formula is C21H35F3IN5O. The van der Waals surface area contributed by atoms with Crippen molar-refractivity contribution in [1.29, 1.82) is 0 Å². The van der Waals surface area contributed by atoms with Crippen molar-refractivity contribution < 1.29 is 17.6 Å². The van der Waals surface area contributed by atoms with Crippen LogP contribution in [0.15, 0.2) is 27.8 Å². The summed E-state index contributed by atoms with van der Waals surface area (Å²) in [6, 6.07) is 4.12. The van der Waals surface area contributed by atoms with Gasteiger partial charge in [-0.15, -0.1) is 24.0 Å². The number of alkyl halides is 3. The number of nitrogens with one attached hydrogen (secondary N) is 2. The molecule has 0 spiro atoms. The third-order valence-electron chi connectivity index (χ3n) is 6.09. The molecule has 10 heteroatoms. The first-order valence-electron chi connectivity index (χ1n) is 11.0. The predicted molar refractivity (Wildman–Crippen MR) is 127 cm³/mol. The largest absolute Gasteiger partial charge is 0.468 e. The Kier molecular flexibility index (Phi) is 10.9. The minimum atomic E-state index is -4.10. The van der Waals surface area contributed by atoms with Crippen molar-refractivity contribution in [3.8, 4) is 0 Å². The summed E-state index contributed by atoms with van der Waals surface area (Å²) in [7, 11) is 1.75. The van der Waals surface area contributed by atoms with Gasteiger partial charge in [0.15, 0.2) is 5.96 Å². The first kappa shape index (κ1) is 26.2. The molecule has 1 aromatic rings. The van der Waals surface area contributed by atoms with Crippen LogP contribution in [0, 0.1) is 5.92 Å². The summed E-state index contributed by atoms with van der Waals surface area (Å²) in [5.74, 6) is 2.17. The molecule has 2 aliphatic heterocycles. The van der Waals surface area contributed by atoms with Gasteiger partial charge >= 0.3 is 6.18 Å². The van der Waals surface area contributed by atoms with Gasteiger partial charge in [0.2, 0.25) is 0 Å². The van der Waals surface area contributed by atoms with Gasteiger partial charge in [-0.2, -0.15) is 13.2 Å². The van der Waals surface area contributed by atoms with Crippen molar-refractivity contribution in [3.63, 3.8) is 0 Å². The van der Waals surface area contributed by atoms with E-state index >= 15 is 0 Å². The van der Waals surface area contributed by atoms with Crippen molar-refractivity contribution in [2.45, 2.75) is 44.3 Å². The molecule has 1 atom stereocenters. The zero-order valence-corrected chi connectivity index (χ0v) is 20.5. The van der Waals surface area contributed by atoms with Crippen LogP contribution in [0.2, 0.25) is 0 Å². The minimum Gasteiger partial charge on any atom is -0.468 e. The molecule has 31 heavy (non-hydrogen) atoms. The number of guanidine groups is 1. The molecule has 3 heterocycles. The number of nitrogens with zero attached hydrogens (tertiary/aromatic N) is 3. The highest BCUT2D eigenvalue weighted by molar-refractivity contribution is 14.0. The van der Waals surface area contributed by atoms with Gasteiger partial charge in [0.05, 0.1) is 18.8 Å². The van der Waals surface area contributed by atoms with E-state index in [-0.39, 0.29) is 30.0 Å². The molecule has 0 radical (unpaired) electrons. The van der Waals surface area contributed by atoms with Crippen LogP contribution in [-0.2, 0) is 0 Å². The molecule has 0 saturated carbocycles. The highest BCUT2D eigenvalue weighted by Gasteiger charge is 2.32. The Labute approximate surface area is 200 Å². The average molecular weight is 557 g/mol. The van der Waals surface area contributed by atoms with E-state index in [1.165, 1.54) is 17.7 Å². The fraction of sp³-hybridized carbons (Fsp3) is 0.762. The lowest BCUT2D eigenvalue weighted by Gasteiger charge is -2.32. The third-order valence-corrected chi connectivity index (χ3v) is 6.09. The first-order valence-corrected chi connectivity index (χ1v) is 11.0. The summed E-state index contributed by atoms with van der Waals surface area (Å²) in [6.45, 7) is 3.89. The number of furan rings is 1. The Hall–Kier alpha value is -1.01. The monoisotopic (exact) mass is 557 g/mol. The van der Waals surface area contributed by atoms with Crippen LogP contribution in [0.3, 0.4) is 0 Å². The second-order valence-electron chi connectivity index (χ2n) is 8.28. The van der Waals surface area contributed by atoms with E-state index in [1.807, 2.05) is 12.1 Å². The van der Waals surface area contributed by atoms with Crippen LogP contribution >= 0.6 is 24.0 Å². The van der Waals surface area contributed by atoms with E-state index in [1.54, 1.807) is 13.3 Å². The van der Waals surface area contributed by atoms with Crippen LogP contribution in [-0.4, -0.2) is 74.8 Å². The van der Waals surface area contributed by atoms with Crippen molar-refractivity contribution in [2.75, 3.05) is 52.9 Å². The minimum absolute atomic E-state index is 0. The van der Waals surface area contributed by atoms with Gasteiger partial charge in [-0.25, -0.2) is 0 Å². The van der Waals surface area contributed by atoms with E-state index in [4.69, 9.17) is 4.42 Å². The molecule has 2 aliphatic rings. The lowest BCUT2D eigenvalue weighted by Crippen LogP contribution is -2.43. The zero-order valence-electron chi connectivity index (χ0n) is 18.2. The number of piperidine rings is 1. The number of hydrogen-bond acceptors (Lipinski definition) is 4. The Morgan fingerprint density at radius 2 is 1.90 bits per heavy atom. The number of hydrogen-bond donors (Lipinski definition) is 2. The molecule has 2 fully saturated rings. The molecule has 0 bridgehead atoms. The number of likely N-dealkylation sites (tertiary alicyclic amines) is 2. The van der Waals surface area contributed by atoms with Crippen molar-refractivity contribution in [2.24, 2.45) is 10.9 Å². The van der Waals surface area contributed by atoms with Gasteiger partial charge in [-0.05, 0) is 76.3 Å². The lowest BCUT2D eigenvalue weighted by atomic mass is 9.93. The zero-order chi connectivity index (χ0) is 21.4. The molecular weight excluding hydrogens is 522 g/mol. The SMILES string of the molecule is CN=C(NCCC1CCN(CC(F)(F)F)CC1)NCC(c1ccco1)N1CCCC1.I. The van der Waals surface area contributed by atoms with Crippen LogP contribution < -0.4 is 10.6 Å². The van der Waals surface area contributed by atoms with Crippen LogP contribution in [0.25, 0.3) is 0 Å². The molecule has 0 aliphatic carbocycles. The van der Waals surface area contributed by atoms with Crippen LogP contribution in [0.4, 0.5) is 13.2 Å². The summed E-state index contributed by atoms with van der Waals surface area (Å²) >= 11 is 0. The second-order valence-corrected chi connectivity index (χ2v) is 8.28. The third kappa shape index (κ3) is 8.80. The maximum atomic E-state index is 12.5. The topological polar surface area (TPSA) is 56.0 Å². The highest BCUT2D eigenvalue weighted by atomic mass is 127. The molecule has 178 valence electrons. The van der Waals surface area contributed by atoms with Gasteiger partial charge in [-0.1, -0.05) is 0 Å². The molecule has 2 N–H and O–H groups in total. The fourth-order valence-corrected chi connectivity index (χ4v) is 4.44. The maximum Gasteiger partial charge on any atom is 0.401 e. The number of aliphatic imine (C=N–C) groups is 1. The maximum absolute atomic E-state index is 12.5. The Bertz CT molecular complexity index is 642. The summed E-state index contributed by atoms with van der Waals surface area (Å²) in [5.41, 5.74) is 0. The van der Waals surface area contributed by atoms with E-state index in [0.717, 1.165) is 50.6 Å². The van der Waals surface area contributed by atoms with Crippen LogP contribution in [0.1, 0.15) is 43.9 Å². The molecule has 3 rings (SSSR count). The van der Waals surface area contributed by atoms with Crippen molar-refractivity contribution in [3.05, 3.63) is 24.2 Å². The van der Waals surface area contributed by atoms with E-state index < -0.39 is 12.7 Å². The van der Waals surface area contributed by atoms with E-state index in [0.29, 0.717) is 25.6 Å². The standard InChI is InChI=1S/C21H34F3N5O.HI/c1-25-20(26-9-6-17-7-12-28(13-8-17)16-21(22,23)24)27-15-18(19-5-4-14-30-19)29-10-2-3-11-29;/h4-5,14,17-18H,2-3,6-13,15-16H2,1H3,(H2,25,26,27);1H. The van der Waals surface area contributed by atoms with E-state index in [2.05, 4.69) is 20.5 Å². The Morgan fingerprint density at radius 1 is 1.19 bits per heavy atom. The number of halogens is 4. The molecule has 6 nitrogen and oxygen atoms in total. The number of rotatable bonds is 8. The van der Waals surface area contributed by atoms with E-state index in [9.17, 15) is 13.2 Å². The van der Waals surface area contributed by atoms with Gasteiger partial charge in [0, 0.05) is 20.1 Å². The normalized spacial score (nSPS) is 20.5. The smallest absolute Gasteiger partial charge is 0.401 e. The van der Waals surface area contributed by atoms with Crippen molar-refractivity contribution in [1.82, 2.24) is 20.4 Å². The second kappa shape index (κ2) is 12.9.